The van der Waals surface area contributed by atoms with Gasteiger partial charge in [-0.3, -0.25) is 4.79 Å². The zero-order chi connectivity index (χ0) is 13.7. The molecule has 1 unspecified atom stereocenters. The fraction of sp³-hybridized carbons (Fsp3) is 0.733. The number of hydrogen-bond acceptors (Lipinski definition) is 4. The van der Waals surface area contributed by atoms with Gasteiger partial charge < -0.3 is 10.4 Å². The van der Waals surface area contributed by atoms with Gasteiger partial charge in [-0.05, 0) is 56.8 Å². The number of aliphatic carboxylic acids is 1. The highest BCUT2D eigenvalue weighted by Crippen LogP contribution is 2.47. The van der Waals surface area contributed by atoms with Gasteiger partial charge in [-0.15, -0.1) is 11.3 Å². The van der Waals surface area contributed by atoms with E-state index in [-0.39, 0.29) is 5.92 Å². The molecule has 108 valence electrons. The van der Waals surface area contributed by atoms with E-state index >= 15 is 0 Å². The standard InChI is InChI=1S/C15H20N2O2S/c18-14(19)10-2-1-3-11-13(10)17-15(20-11)16-12(8-4-5-8)9-6-7-9/h8-10,12H,1-7H2,(H,16,17)(H,18,19). The van der Waals surface area contributed by atoms with E-state index in [1.54, 1.807) is 11.3 Å². The highest BCUT2D eigenvalue weighted by atomic mass is 32.1. The first-order valence-electron chi connectivity index (χ1n) is 7.71. The highest BCUT2D eigenvalue weighted by Gasteiger charge is 2.42. The summed E-state index contributed by atoms with van der Waals surface area (Å²) in [5, 5.41) is 13.9. The van der Waals surface area contributed by atoms with Crippen molar-refractivity contribution in [1.82, 2.24) is 4.98 Å². The van der Waals surface area contributed by atoms with Gasteiger partial charge in [-0.25, -0.2) is 4.98 Å². The summed E-state index contributed by atoms with van der Waals surface area (Å²) in [6, 6.07) is 0.589. The Morgan fingerprint density at radius 2 is 1.95 bits per heavy atom. The van der Waals surface area contributed by atoms with Crippen LogP contribution in [0.2, 0.25) is 0 Å². The van der Waals surface area contributed by atoms with Gasteiger partial charge in [-0.2, -0.15) is 0 Å². The molecular weight excluding hydrogens is 272 g/mol. The second-order valence-corrected chi connectivity index (χ2v) is 7.54. The van der Waals surface area contributed by atoms with E-state index < -0.39 is 5.97 Å². The van der Waals surface area contributed by atoms with Gasteiger partial charge in [0.15, 0.2) is 5.13 Å². The molecule has 0 aliphatic heterocycles. The molecule has 0 aromatic carbocycles. The van der Waals surface area contributed by atoms with Crippen molar-refractivity contribution in [2.24, 2.45) is 11.8 Å². The van der Waals surface area contributed by atoms with E-state index in [4.69, 9.17) is 0 Å². The third-order valence-corrected chi connectivity index (χ3v) is 5.86. The predicted octanol–water partition coefficient (Wildman–Crippen LogP) is 3.25. The van der Waals surface area contributed by atoms with E-state index in [2.05, 4.69) is 10.3 Å². The lowest BCUT2D eigenvalue weighted by Gasteiger charge is -2.17. The number of hydrogen-bond donors (Lipinski definition) is 2. The molecule has 2 fully saturated rings. The minimum absolute atomic E-state index is 0.383. The molecule has 0 bridgehead atoms. The van der Waals surface area contributed by atoms with Gasteiger partial charge in [-0.1, -0.05) is 0 Å². The van der Waals surface area contributed by atoms with Crippen LogP contribution in [0.25, 0.3) is 0 Å². The summed E-state index contributed by atoms with van der Waals surface area (Å²) in [7, 11) is 0. The monoisotopic (exact) mass is 292 g/mol. The Bertz CT molecular complexity index is 522. The average Bonchev–Trinajstić information content (AvgIpc) is 3.32. The fourth-order valence-corrected chi connectivity index (χ4v) is 4.51. The van der Waals surface area contributed by atoms with Crippen LogP contribution in [0, 0.1) is 11.8 Å². The maximum atomic E-state index is 11.3. The number of rotatable bonds is 5. The number of fused-ring (bicyclic) bond motifs is 1. The van der Waals surface area contributed by atoms with Crippen molar-refractivity contribution in [1.29, 1.82) is 0 Å². The van der Waals surface area contributed by atoms with Crippen molar-refractivity contribution in [3.63, 3.8) is 0 Å². The molecule has 0 radical (unpaired) electrons. The van der Waals surface area contributed by atoms with Crippen LogP contribution < -0.4 is 5.32 Å². The molecule has 5 heteroatoms. The Morgan fingerprint density at radius 3 is 2.55 bits per heavy atom. The van der Waals surface area contributed by atoms with Crippen LogP contribution >= 0.6 is 11.3 Å². The van der Waals surface area contributed by atoms with Crippen molar-refractivity contribution >= 4 is 22.4 Å². The predicted molar refractivity (Wildman–Crippen MR) is 78.3 cm³/mol. The molecule has 1 atom stereocenters. The largest absolute Gasteiger partial charge is 0.481 e. The average molecular weight is 292 g/mol. The van der Waals surface area contributed by atoms with Gasteiger partial charge >= 0.3 is 5.97 Å². The lowest BCUT2D eigenvalue weighted by molar-refractivity contribution is -0.139. The lowest BCUT2D eigenvalue weighted by Crippen LogP contribution is -2.24. The van der Waals surface area contributed by atoms with E-state index in [1.807, 2.05) is 0 Å². The molecule has 2 N–H and O–H groups in total. The van der Waals surface area contributed by atoms with Gasteiger partial charge in [0.1, 0.15) is 5.92 Å². The Balaban J connectivity index is 1.55. The number of carboxylic acids is 1. The number of carboxylic acid groups (broad SMARTS) is 1. The van der Waals surface area contributed by atoms with Gasteiger partial charge in [0, 0.05) is 10.9 Å². The normalized spacial score (nSPS) is 25.6. The van der Waals surface area contributed by atoms with E-state index in [9.17, 15) is 9.90 Å². The van der Waals surface area contributed by atoms with Crippen LogP contribution in [-0.4, -0.2) is 22.1 Å². The maximum absolute atomic E-state index is 11.3. The van der Waals surface area contributed by atoms with Crippen LogP contribution in [0.5, 0.6) is 0 Å². The minimum Gasteiger partial charge on any atom is -0.481 e. The molecule has 4 rings (SSSR count). The summed E-state index contributed by atoms with van der Waals surface area (Å²) in [6.07, 6.45) is 8.08. The SMILES string of the molecule is O=C(O)C1CCCc2sc(NC(C3CC3)C3CC3)nc21. The highest BCUT2D eigenvalue weighted by molar-refractivity contribution is 7.15. The number of anilines is 1. The second-order valence-electron chi connectivity index (χ2n) is 6.46. The summed E-state index contributed by atoms with van der Waals surface area (Å²) >= 11 is 1.69. The van der Waals surface area contributed by atoms with Crippen LogP contribution in [-0.2, 0) is 11.2 Å². The second kappa shape index (κ2) is 4.72. The summed E-state index contributed by atoms with van der Waals surface area (Å²) in [5.74, 6) is 0.562. The minimum atomic E-state index is -0.719. The molecular formula is C15H20N2O2S. The summed E-state index contributed by atoms with van der Waals surface area (Å²) < 4.78 is 0. The van der Waals surface area contributed by atoms with Crippen molar-refractivity contribution in [2.45, 2.75) is 56.9 Å². The zero-order valence-electron chi connectivity index (χ0n) is 11.5. The maximum Gasteiger partial charge on any atom is 0.312 e. The van der Waals surface area contributed by atoms with Crippen molar-refractivity contribution in [3.05, 3.63) is 10.6 Å². The number of aromatic nitrogens is 1. The van der Waals surface area contributed by atoms with Crippen molar-refractivity contribution < 1.29 is 9.90 Å². The zero-order valence-corrected chi connectivity index (χ0v) is 12.3. The molecule has 0 saturated heterocycles. The lowest BCUT2D eigenvalue weighted by atomic mass is 9.91. The molecule has 1 aromatic rings. The van der Waals surface area contributed by atoms with Gasteiger partial charge in [0.05, 0.1) is 5.69 Å². The molecule has 0 amide bonds. The molecule has 4 nitrogen and oxygen atoms in total. The van der Waals surface area contributed by atoms with Gasteiger partial charge in [0.25, 0.3) is 0 Å². The van der Waals surface area contributed by atoms with Crippen LogP contribution in [0.1, 0.15) is 55.0 Å². The quantitative estimate of drug-likeness (QED) is 0.874. The number of carbonyl (C=O) groups is 1. The Morgan fingerprint density at radius 1 is 1.25 bits per heavy atom. The summed E-state index contributed by atoms with van der Waals surface area (Å²) in [6.45, 7) is 0. The molecule has 1 aromatic heterocycles. The number of nitrogens with zero attached hydrogens (tertiary/aromatic N) is 1. The van der Waals surface area contributed by atoms with Gasteiger partial charge in [0.2, 0.25) is 0 Å². The number of nitrogens with one attached hydrogen (secondary N) is 1. The third kappa shape index (κ3) is 2.32. The van der Waals surface area contributed by atoms with Crippen LogP contribution in [0.15, 0.2) is 0 Å². The number of thiazole rings is 1. The molecule has 20 heavy (non-hydrogen) atoms. The fourth-order valence-electron chi connectivity index (χ4n) is 3.39. The van der Waals surface area contributed by atoms with Crippen molar-refractivity contribution in [2.75, 3.05) is 5.32 Å². The smallest absolute Gasteiger partial charge is 0.312 e. The Labute approximate surface area is 122 Å². The first kappa shape index (κ1) is 12.6. The van der Waals surface area contributed by atoms with Crippen LogP contribution in [0.4, 0.5) is 5.13 Å². The molecule has 0 spiro atoms. The third-order valence-electron chi connectivity index (χ3n) is 4.80. The van der Waals surface area contributed by atoms with Crippen molar-refractivity contribution in [3.8, 4) is 0 Å². The first-order chi connectivity index (χ1) is 9.72. The summed E-state index contributed by atoms with van der Waals surface area (Å²) in [5.41, 5.74) is 0.835. The summed E-state index contributed by atoms with van der Waals surface area (Å²) in [4.78, 5) is 17.2. The van der Waals surface area contributed by atoms with Crippen LogP contribution in [0.3, 0.4) is 0 Å². The molecule has 2 saturated carbocycles. The first-order valence-corrected chi connectivity index (χ1v) is 8.53. The molecule has 3 aliphatic rings. The van der Waals surface area contributed by atoms with E-state index in [1.165, 1.54) is 30.6 Å². The van der Waals surface area contributed by atoms with E-state index in [0.29, 0.717) is 6.04 Å². The molecule has 3 aliphatic carbocycles. The number of aryl methyl sites for hydroxylation is 1. The molecule has 1 heterocycles. The topological polar surface area (TPSA) is 62.2 Å². The Hall–Kier alpha value is -1.10. The van der Waals surface area contributed by atoms with E-state index in [0.717, 1.165) is 41.9 Å². The Kier molecular flexibility index (Phi) is 2.98.